The fraction of sp³-hybridized carbons (Fsp3) is 0.462. The maximum absolute atomic E-state index is 12.1. The Bertz CT molecular complexity index is 361. The Kier molecular flexibility index (Phi) is 3.25. The summed E-state index contributed by atoms with van der Waals surface area (Å²) >= 11 is 0. The third-order valence-electron chi connectivity index (χ3n) is 3.20. The third-order valence-corrected chi connectivity index (χ3v) is 3.20. The Morgan fingerprint density at radius 3 is 2.56 bits per heavy atom. The molecule has 1 aromatic carbocycles. The Hall–Kier alpha value is -1.35. The van der Waals surface area contributed by atoms with Crippen LogP contribution in [-0.2, 0) is 0 Å². The summed E-state index contributed by atoms with van der Waals surface area (Å²) in [6.45, 7) is 1.72. The van der Waals surface area contributed by atoms with Crippen LogP contribution < -0.4 is 0 Å². The van der Waals surface area contributed by atoms with Crippen LogP contribution in [0.4, 0.5) is 0 Å². The summed E-state index contributed by atoms with van der Waals surface area (Å²) in [7, 11) is 4.14. The van der Waals surface area contributed by atoms with Crippen molar-refractivity contribution in [1.29, 1.82) is 0 Å². The number of nitrogens with zero attached hydrogens (tertiary/aromatic N) is 2. The molecule has 1 saturated heterocycles. The van der Waals surface area contributed by atoms with Crippen LogP contribution in [0.15, 0.2) is 30.3 Å². The highest BCUT2D eigenvalue weighted by molar-refractivity contribution is 5.94. The number of rotatable bonds is 2. The molecule has 0 N–H and O–H groups in total. The van der Waals surface area contributed by atoms with Crippen LogP contribution >= 0.6 is 0 Å². The summed E-state index contributed by atoms with van der Waals surface area (Å²) in [4.78, 5) is 16.3. The third kappa shape index (κ3) is 2.25. The first-order valence-electron chi connectivity index (χ1n) is 5.69. The average molecular weight is 218 g/mol. The van der Waals surface area contributed by atoms with E-state index in [0.717, 1.165) is 25.1 Å². The van der Waals surface area contributed by atoms with Gasteiger partial charge in [0.15, 0.2) is 0 Å². The average Bonchev–Trinajstić information content (AvgIpc) is 2.78. The topological polar surface area (TPSA) is 23.6 Å². The largest absolute Gasteiger partial charge is 0.337 e. The van der Waals surface area contributed by atoms with Crippen molar-refractivity contribution in [3.05, 3.63) is 35.9 Å². The van der Waals surface area contributed by atoms with E-state index in [2.05, 4.69) is 19.0 Å². The fourth-order valence-electron chi connectivity index (χ4n) is 2.11. The Balaban J connectivity index is 2.03. The van der Waals surface area contributed by atoms with Gasteiger partial charge in [-0.05, 0) is 32.6 Å². The summed E-state index contributed by atoms with van der Waals surface area (Å²) in [6.07, 6.45) is 1.07. The zero-order valence-electron chi connectivity index (χ0n) is 9.89. The Morgan fingerprint density at radius 1 is 1.31 bits per heavy atom. The van der Waals surface area contributed by atoms with Gasteiger partial charge in [0.1, 0.15) is 0 Å². The zero-order valence-corrected chi connectivity index (χ0v) is 9.89. The molecule has 0 spiro atoms. The number of hydrogen-bond acceptors (Lipinski definition) is 2. The number of benzene rings is 1. The van der Waals surface area contributed by atoms with Gasteiger partial charge in [-0.3, -0.25) is 4.79 Å². The fourth-order valence-corrected chi connectivity index (χ4v) is 2.11. The van der Waals surface area contributed by atoms with Crippen molar-refractivity contribution in [2.24, 2.45) is 0 Å². The van der Waals surface area contributed by atoms with Crippen LogP contribution in [0.1, 0.15) is 16.8 Å². The molecule has 0 saturated carbocycles. The molecule has 2 rings (SSSR count). The predicted molar refractivity (Wildman–Crippen MR) is 64.4 cm³/mol. The lowest BCUT2D eigenvalue weighted by molar-refractivity contribution is 0.0783. The number of likely N-dealkylation sites (tertiary alicyclic amines) is 1. The van der Waals surface area contributed by atoms with Crippen molar-refractivity contribution in [3.63, 3.8) is 0 Å². The second-order valence-electron chi connectivity index (χ2n) is 4.52. The van der Waals surface area contributed by atoms with E-state index in [1.54, 1.807) is 0 Å². The van der Waals surface area contributed by atoms with Crippen LogP contribution in [0, 0.1) is 0 Å². The summed E-state index contributed by atoms with van der Waals surface area (Å²) < 4.78 is 0. The Labute approximate surface area is 96.7 Å². The van der Waals surface area contributed by atoms with E-state index < -0.39 is 0 Å². The van der Waals surface area contributed by atoms with E-state index in [1.807, 2.05) is 35.2 Å². The monoisotopic (exact) mass is 218 g/mol. The van der Waals surface area contributed by atoms with Gasteiger partial charge in [0.05, 0.1) is 0 Å². The number of carbonyl (C=O) groups excluding carboxylic acids is 1. The smallest absolute Gasteiger partial charge is 0.253 e. The first-order valence-corrected chi connectivity index (χ1v) is 5.69. The minimum atomic E-state index is 0.157. The lowest BCUT2D eigenvalue weighted by atomic mass is 10.2. The summed E-state index contributed by atoms with van der Waals surface area (Å²) in [5.74, 6) is 0.157. The maximum Gasteiger partial charge on any atom is 0.253 e. The molecule has 0 bridgehead atoms. The van der Waals surface area contributed by atoms with Crippen molar-refractivity contribution < 1.29 is 4.79 Å². The normalized spacial score (nSPS) is 20.4. The number of amides is 1. The molecule has 1 aromatic rings. The number of hydrogen-bond donors (Lipinski definition) is 0. The highest BCUT2D eigenvalue weighted by atomic mass is 16.2. The highest BCUT2D eigenvalue weighted by Crippen LogP contribution is 2.16. The quantitative estimate of drug-likeness (QED) is 0.750. The second kappa shape index (κ2) is 4.66. The van der Waals surface area contributed by atoms with Gasteiger partial charge >= 0.3 is 0 Å². The first-order chi connectivity index (χ1) is 7.68. The van der Waals surface area contributed by atoms with Gasteiger partial charge in [-0.2, -0.15) is 0 Å². The molecular weight excluding hydrogens is 200 g/mol. The second-order valence-corrected chi connectivity index (χ2v) is 4.52. The first kappa shape index (κ1) is 11.1. The van der Waals surface area contributed by atoms with Gasteiger partial charge in [0.25, 0.3) is 5.91 Å². The van der Waals surface area contributed by atoms with Crippen molar-refractivity contribution in [2.75, 3.05) is 27.2 Å². The zero-order chi connectivity index (χ0) is 11.5. The van der Waals surface area contributed by atoms with Crippen LogP contribution in [0.5, 0.6) is 0 Å². The maximum atomic E-state index is 12.1. The summed E-state index contributed by atoms with van der Waals surface area (Å²) in [5, 5.41) is 0. The number of carbonyl (C=O) groups is 1. The van der Waals surface area contributed by atoms with Gasteiger partial charge in [0, 0.05) is 24.7 Å². The lowest BCUT2D eigenvalue weighted by Gasteiger charge is -2.20. The summed E-state index contributed by atoms with van der Waals surface area (Å²) in [5.41, 5.74) is 0.793. The van der Waals surface area contributed by atoms with Gasteiger partial charge in [-0.1, -0.05) is 18.2 Å². The van der Waals surface area contributed by atoms with Crippen molar-refractivity contribution in [1.82, 2.24) is 9.80 Å². The standard InChI is InChI=1S/C13H18N2O/c1-14(2)12-8-9-15(10-12)13(16)11-6-4-3-5-7-11/h3-7,12H,8-10H2,1-2H3. The molecule has 1 atom stereocenters. The predicted octanol–water partition coefficient (Wildman–Crippen LogP) is 1.46. The molecule has 3 nitrogen and oxygen atoms in total. The molecule has 0 aromatic heterocycles. The molecular formula is C13H18N2O. The minimum absolute atomic E-state index is 0.157. The molecule has 1 aliphatic heterocycles. The lowest BCUT2D eigenvalue weighted by Crippen LogP contribution is -2.34. The SMILES string of the molecule is CN(C)C1CCN(C(=O)c2ccccc2)C1. The van der Waals surface area contributed by atoms with E-state index in [1.165, 1.54) is 0 Å². The molecule has 3 heteroatoms. The summed E-state index contributed by atoms with van der Waals surface area (Å²) in [6, 6.07) is 10.0. The molecule has 1 fully saturated rings. The molecule has 1 aliphatic rings. The van der Waals surface area contributed by atoms with E-state index in [-0.39, 0.29) is 5.91 Å². The van der Waals surface area contributed by atoms with E-state index in [9.17, 15) is 4.79 Å². The van der Waals surface area contributed by atoms with E-state index in [4.69, 9.17) is 0 Å². The van der Waals surface area contributed by atoms with Gasteiger partial charge in [-0.15, -0.1) is 0 Å². The van der Waals surface area contributed by atoms with Gasteiger partial charge < -0.3 is 9.80 Å². The van der Waals surface area contributed by atoms with Crippen LogP contribution in [0.2, 0.25) is 0 Å². The van der Waals surface area contributed by atoms with Crippen LogP contribution in [-0.4, -0.2) is 48.9 Å². The molecule has 1 heterocycles. The van der Waals surface area contributed by atoms with E-state index in [0.29, 0.717) is 6.04 Å². The van der Waals surface area contributed by atoms with Crippen molar-refractivity contribution >= 4 is 5.91 Å². The van der Waals surface area contributed by atoms with Crippen molar-refractivity contribution in [3.8, 4) is 0 Å². The molecule has 0 radical (unpaired) electrons. The van der Waals surface area contributed by atoms with Crippen LogP contribution in [0.25, 0.3) is 0 Å². The highest BCUT2D eigenvalue weighted by Gasteiger charge is 2.27. The molecule has 1 amide bonds. The molecule has 86 valence electrons. The molecule has 16 heavy (non-hydrogen) atoms. The number of likely N-dealkylation sites (N-methyl/N-ethyl adjacent to an activating group) is 1. The van der Waals surface area contributed by atoms with Gasteiger partial charge in [0.2, 0.25) is 0 Å². The van der Waals surface area contributed by atoms with Crippen LogP contribution in [0.3, 0.4) is 0 Å². The van der Waals surface area contributed by atoms with Gasteiger partial charge in [-0.25, -0.2) is 0 Å². The van der Waals surface area contributed by atoms with Crippen molar-refractivity contribution in [2.45, 2.75) is 12.5 Å². The molecule has 0 aliphatic carbocycles. The Morgan fingerprint density at radius 2 is 2.00 bits per heavy atom. The van der Waals surface area contributed by atoms with E-state index >= 15 is 0 Å². The minimum Gasteiger partial charge on any atom is -0.337 e. The molecule has 1 unspecified atom stereocenters.